The Morgan fingerprint density at radius 2 is 2.00 bits per heavy atom. The number of likely N-dealkylation sites (tertiary alicyclic amines) is 1. The Hall–Kier alpha value is -1.68. The van der Waals surface area contributed by atoms with Crippen molar-refractivity contribution < 1.29 is 18.0 Å². The number of sulfonamides is 1. The first-order valence-electron chi connectivity index (χ1n) is 7.79. The highest BCUT2D eigenvalue weighted by Gasteiger charge is 2.43. The number of likely N-dealkylation sites (N-methyl/N-ethyl adjacent to an activating group) is 1. The monoisotopic (exact) mass is 354 g/mol. The summed E-state index contributed by atoms with van der Waals surface area (Å²) in [5.41, 5.74) is -0.0697. The number of fused-ring (bicyclic) bond motifs is 1. The van der Waals surface area contributed by atoms with Gasteiger partial charge in [-0.2, -0.15) is 4.72 Å². The lowest BCUT2D eigenvalue weighted by Gasteiger charge is -2.45. The Kier molecular flexibility index (Phi) is 4.52. The average molecular weight is 354 g/mol. The molecule has 1 saturated heterocycles. The maximum absolute atomic E-state index is 12.5. The minimum Gasteiger partial charge on any atom is -0.365 e. The second-order valence-electron chi connectivity index (χ2n) is 6.16. The van der Waals surface area contributed by atoms with Gasteiger partial charge in [0.25, 0.3) is 5.91 Å². The molecule has 1 aromatic rings. The van der Waals surface area contributed by atoms with Crippen molar-refractivity contribution in [2.45, 2.75) is 23.4 Å². The summed E-state index contributed by atoms with van der Waals surface area (Å²) in [6.45, 7) is 1.48. The van der Waals surface area contributed by atoms with Gasteiger partial charge in [0, 0.05) is 20.1 Å². The molecule has 0 bridgehead atoms. The SMILES string of the molecule is CON(C)C(=O)CN1CCC2(CC1)Nc1ccccc1S(=O)(=O)N2. The normalized spacial score (nSPS) is 21.8. The van der Waals surface area contributed by atoms with Gasteiger partial charge in [-0.3, -0.25) is 14.5 Å². The number of nitrogens with one attached hydrogen (secondary N) is 2. The molecule has 132 valence electrons. The van der Waals surface area contributed by atoms with Crippen LogP contribution in [-0.4, -0.2) is 63.7 Å². The maximum Gasteiger partial charge on any atom is 0.259 e. The van der Waals surface area contributed by atoms with Gasteiger partial charge in [0.1, 0.15) is 10.6 Å². The van der Waals surface area contributed by atoms with Crippen LogP contribution in [0.3, 0.4) is 0 Å². The molecule has 1 aromatic carbocycles. The van der Waals surface area contributed by atoms with E-state index in [1.54, 1.807) is 25.2 Å². The molecule has 0 saturated carbocycles. The third-order valence-corrected chi connectivity index (χ3v) is 6.17. The van der Waals surface area contributed by atoms with E-state index in [2.05, 4.69) is 10.0 Å². The molecule has 0 unspecified atom stereocenters. The molecule has 24 heavy (non-hydrogen) atoms. The molecule has 8 nitrogen and oxygen atoms in total. The maximum atomic E-state index is 12.5. The zero-order chi connectivity index (χ0) is 17.4. The summed E-state index contributed by atoms with van der Waals surface area (Å²) in [4.78, 5) is 19.1. The molecule has 0 radical (unpaired) electrons. The van der Waals surface area contributed by atoms with Crippen molar-refractivity contribution in [2.24, 2.45) is 0 Å². The molecule has 2 N–H and O–H groups in total. The number of piperidine rings is 1. The predicted octanol–water partition coefficient (Wildman–Crippen LogP) is 0.202. The van der Waals surface area contributed by atoms with Crippen LogP contribution < -0.4 is 10.0 Å². The number of carbonyl (C=O) groups is 1. The van der Waals surface area contributed by atoms with Crippen molar-refractivity contribution in [2.75, 3.05) is 39.1 Å². The van der Waals surface area contributed by atoms with Crippen molar-refractivity contribution in [1.29, 1.82) is 0 Å². The molecule has 0 aromatic heterocycles. The summed E-state index contributed by atoms with van der Waals surface area (Å²) >= 11 is 0. The molecule has 9 heteroatoms. The summed E-state index contributed by atoms with van der Waals surface area (Å²) in [5, 5.41) is 4.54. The molecule has 2 aliphatic rings. The fraction of sp³-hybridized carbons (Fsp3) is 0.533. The van der Waals surface area contributed by atoms with Crippen molar-refractivity contribution in [1.82, 2.24) is 14.7 Å². The lowest BCUT2D eigenvalue weighted by Crippen LogP contribution is -2.62. The summed E-state index contributed by atoms with van der Waals surface area (Å²) < 4.78 is 27.8. The number of rotatable bonds is 3. The summed E-state index contributed by atoms with van der Waals surface area (Å²) in [7, 11) is -0.518. The Morgan fingerprint density at radius 3 is 2.67 bits per heavy atom. The first kappa shape index (κ1) is 17.2. The number of benzene rings is 1. The van der Waals surface area contributed by atoms with Crippen LogP contribution in [0.25, 0.3) is 0 Å². The second kappa shape index (κ2) is 6.32. The fourth-order valence-electron chi connectivity index (χ4n) is 3.11. The molecule has 1 spiro atoms. The second-order valence-corrected chi connectivity index (χ2v) is 7.81. The number of hydrogen-bond donors (Lipinski definition) is 2. The molecule has 1 amide bonds. The van der Waals surface area contributed by atoms with Crippen molar-refractivity contribution in [3.8, 4) is 0 Å². The van der Waals surface area contributed by atoms with Crippen LogP contribution >= 0.6 is 0 Å². The average Bonchev–Trinajstić information content (AvgIpc) is 2.55. The topological polar surface area (TPSA) is 91.0 Å². The van der Waals surface area contributed by atoms with Crippen LogP contribution in [0.1, 0.15) is 12.8 Å². The molecule has 0 atom stereocenters. The van der Waals surface area contributed by atoms with Gasteiger partial charge in [-0.05, 0) is 25.0 Å². The minimum atomic E-state index is -3.53. The largest absolute Gasteiger partial charge is 0.365 e. The van der Waals surface area contributed by atoms with Crippen LogP contribution in [0, 0.1) is 0 Å². The summed E-state index contributed by atoms with van der Waals surface area (Å²) in [5.74, 6) is -0.129. The molecule has 0 aliphatic carbocycles. The zero-order valence-corrected chi connectivity index (χ0v) is 14.6. The Bertz CT molecular complexity index is 729. The quantitative estimate of drug-likeness (QED) is 0.754. The van der Waals surface area contributed by atoms with Gasteiger partial charge in [-0.15, -0.1) is 0 Å². The van der Waals surface area contributed by atoms with Gasteiger partial charge < -0.3 is 5.32 Å². The third-order valence-electron chi connectivity index (χ3n) is 4.57. The number of para-hydroxylation sites is 1. The number of hydroxylamine groups is 2. The van der Waals surface area contributed by atoms with Crippen LogP contribution in [0.4, 0.5) is 5.69 Å². The smallest absolute Gasteiger partial charge is 0.259 e. The van der Waals surface area contributed by atoms with Crippen LogP contribution in [0.2, 0.25) is 0 Å². The van der Waals surface area contributed by atoms with Crippen LogP contribution in [0.15, 0.2) is 29.2 Å². The van der Waals surface area contributed by atoms with Crippen molar-refractivity contribution in [3.05, 3.63) is 24.3 Å². The van der Waals surface area contributed by atoms with Gasteiger partial charge in [0.15, 0.2) is 0 Å². The van der Waals surface area contributed by atoms with Gasteiger partial charge in [-0.1, -0.05) is 12.1 Å². The number of nitrogens with zero attached hydrogens (tertiary/aromatic N) is 2. The Morgan fingerprint density at radius 1 is 1.33 bits per heavy atom. The summed E-state index contributed by atoms with van der Waals surface area (Å²) in [6, 6.07) is 6.89. The first-order chi connectivity index (χ1) is 11.4. The predicted molar refractivity (Wildman–Crippen MR) is 88.6 cm³/mol. The van der Waals surface area contributed by atoms with E-state index in [9.17, 15) is 13.2 Å². The Labute approximate surface area is 141 Å². The molecule has 2 aliphatic heterocycles. The van der Waals surface area contributed by atoms with Gasteiger partial charge in [0.05, 0.1) is 19.3 Å². The van der Waals surface area contributed by atoms with Gasteiger partial charge in [-0.25, -0.2) is 13.5 Å². The van der Waals surface area contributed by atoms with Gasteiger partial charge in [0.2, 0.25) is 10.0 Å². The number of carbonyl (C=O) groups excluding carboxylic acids is 1. The fourth-order valence-corrected chi connectivity index (χ4v) is 4.66. The molecular weight excluding hydrogens is 332 g/mol. The van der Waals surface area contributed by atoms with E-state index < -0.39 is 15.7 Å². The van der Waals surface area contributed by atoms with E-state index in [4.69, 9.17) is 4.84 Å². The number of amides is 1. The third kappa shape index (κ3) is 3.25. The Balaban J connectivity index is 1.70. The zero-order valence-electron chi connectivity index (χ0n) is 13.8. The lowest BCUT2D eigenvalue weighted by atomic mass is 9.97. The minimum absolute atomic E-state index is 0.129. The van der Waals surface area contributed by atoms with E-state index in [0.717, 1.165) is 0 Å². The number of hydrogen-bond acceptors (Lipinski definition) is 6. The van der Waals surface area contributed by atoms with E-state index >= 15 is 0 Å². The first-order valence-corrected chi connectivity index (χ1v) is 9.28. The van der Waals surface area contributed by atoms with Crippen molar-refractivity contribution >= 4 is 21.6 Å². The standard InChI is InChI=1S/C15H22N4O4S/c1-18(23-2)14(20)11-19-9-7-15(8-10-19)16-12-5-3-4-6-13(12)24(21,22)17-15/h3-6,16-17H,7-11H2,1-2H3. The molecule has 3 rings (SSSR count). The van der Waals surface area contributed by atoms with E-state index in [0.29, 0.717) is 31.6 Å². The van der Waals surface area contributed by atoms with Crippen molar-refractivity contribution in [3.63, 3.8) is 0 Å². The lowest BCUT2D eigenvalue weighted by molar-refractivity contribution is -0.170. The number of anilines is 1. The molecular formula is C15H22N4O4S. The van der Waals surface area contributed by atoms with E-state index in [1.807, 2.05) is 11.0 Å². The summed E-state index contributed by atoms with van der Waals surface area (Å²) in [6.07, 6.45) is 1.15. The van der Waals surface area contributed by atoms with Gasteiger partial charge >= 0.3 is 0 Å². The van der Waals surface area contributed by atoms with Crippen LogP contribution in [0.5, 0.6) is 0 Å². The molecule has 2 heterocycles. The van der Waals surface area contributed by atoms with E-state index in [1.165, 1.54) is 12.2 Å². The van der Waals surface area contributed by atoms with E-state index in [-0.39, 0.29) is 17.3 Å². The highest BCUT2D eigenvalue weighted by molar-refractivity contribution is 7.89. The molecule has 1 fully saturated rings. The highest BCUT2D eigenvalue weighted by Crippen LogP contribution is 2.34. The van der Waals surface area contributed by atoms with Crippen LogP contribution in [-0.2, 0) is 19.7 Å². The highest BCUT2D eigenvalue weighted by atomic mass is 32.2.